The maximum Gasteiger partial charge on any atom is 0.267 e. The molecule has 1 aliphatic heterocycles. The van der Waals surface area contributed by atoms with E-state index >= 15 is 0 Å². The topological polar surface area (TPSA) is 100 Å². The maximum absolute atomic E-state index is 10.9. The van der Waals surface area contributed by atoms with Crippen molar-refractivity contribution in [1.29, 1.82) is 0 Å². The van der Waals surface area contributed by atoms with Crippen LogP contribution < -0.4 is 16.2 Å². The molecule has 0 radical (unpaired) electrons. The summed E-state index contributed by atoms with van der Waals surface area (Å²) in [5.74, 6) is -0.371. The van der Waals surface area contributed by atoms with Crippen LogP contribution in [0.5, 0.6) is 5.88 Å². The molecule has 0 aromatic carbocycles. The first-order valence-electron chi connectivity index (χ1n) is 4.47. The van der Waals surface area contributed by atoms with Gasteiger partial charge in [-0.1, -0.05) is 0 Å². The Hall–Kier alpha value is -1.82. The second kappa shape index (κ2) is 3.74. The third-order valence-corrected chi connectivity index (χ3v) is 2.03. The maximum atomic E-state index is 10.9. The van der Waals surface area contributed by atoms with Gasteiger partial charge >= 0.3 is 0 Å². The Morgan fingerprint density at radius 1 is 1.53 bits per heavy atom. The van der Waals surface area contributed by atoms with Crippen molar-refractivity contribution in [2.45, 2.75) is 6.10 Å². The summed E-state index contributed by atoms with van der Waals surface area (Å²) in [5, 5.41) is 0. The number of nitrogens with two attached hydrogens (primary N) is 2. The number of carbonyl (C=O) groups is 1. The molecule has 0 spiro atoms. The zero-order valence-corrected chi connectivity index (χ0v) is 7.97. The predicted octanol–water partition coefficient (Wildman–Crippen LogP) is -0.460. The van der Waals surface area contributed by atoms with Gasteiger partial charge in [0, 0.05) is 0 Å². The van der Waals surface area contributed by atoms with E-state index in [9.17, 15) is 4.79 Å². The lowest BCUT2D eigenvalue weighted by Gasteiger charge is -2.26. The fourth-order valence-corrected chi connectivity index (χ4v) is 1.12. The van der Waals surface area contributed by atoms with Crippen molar-refractivity contribution in [3.8, 4) is 5.88 Å². The average Bonchev–Trinajstić information content (AvgIpc) is 2.13. The minimum atomic E-state index is -0.607. The number of anilines is 1. The first-order valence-corrected chi connectivity index (χ1v) is 4.47. The number of primary amides is 1. The van der Waals surface area contributed by atoms with Gasteiger partial charge in [0.25, 0.3) is 5.91 Å². The number of amides is 1. The minimum absolute atomic E-state index is 0.0390. The van der Waals surface area contributed by atoms with Crippen molar-refractivity contribution >= 4 is 11.6 Å². The van der Waals surface area contributed by atoms with Gasteiger partial charge in [-0.25, -0.2) is 4.98 Å². The van der Waals surface area contributed by atoms with Crippen LogP contribution in [0.4, 0.5) is 5.69 Å². The van der Waals surface area contributed by atoms with Crippen molar-refractivity contribution in [2.75, 3.05) is 18.9 Å². The normalized spacial score (nSPS) is 15.7. The summed E-state index contributed by atoms with van der Waals surface area (Å²) in [6.45, 7) is 1.03. The van der Waals surface area contributed by atoms with Gasteiger partial charge in [-0.05, 0) is 12.1 Å². The van der Waals surface area contributed by atoms with E-state index in [-0.39, 0.29) is 17.7 Å². The van der Waals surface area contributed by atoms with Crippen LogP contribution in [0.2, 0.25) is 0 Å². The van der Waals surface area contributed by atoms with Gasteiger partial charge in [-0.15, -0.1) is 0 Å². The molecule has 0 aliphatic carbocycles. The summed E-state index contributed by atoms with van der Waals surface area (Å²) < 4.78 is 10.3. The smallest absolute Gasteiger partial charge is 0.267 e. The molecular weight excluding hydrogens is 198 g/mol. The van der Waals surface area contributed by atoms with E-state index in [0.717, 1.165) is 0 Å². The molecular formula is C9H11N3O3. The molecule has 1 fully saturated rings. The Bertz CT molecular complexity index is 390. The highest BCUT2D eigenvalue weighted by Crippen LogP contribution is 2.21. The molecule has 0 bridgehead atoms. The quantitative estimate of drug-likeness (QED) is 0.701. The monoisotopic (exact) mass is 209 g/mol. The van der Waals surface area contributed by atoms with Crippen LogP contribution in [0.3, 0.4) is 0 Å². The SMILES string of the molecule is NC(=O)c1ccc(N)c(OC2COC2)n1. The Morgan fingerprint density at radius 3 is 2.80 bits per heavy atom. The molecule has 6 heteroatoms. The molecule has 0 saturated carbocycles. The van der Waals surface area contributed by atoms with Crippen LogP contribution in [0.25, 0.3) is 0 Å². The summed E-state index contributed by atoms with van der Waals surface area (Å²) >= 11 is 0. The van der Waals surface area contributed by atoms with Gasteiger partial charge in [0.15, 0.2) is 0 Å². The van der Waals surface area contributed by atoms with Crippen molar-refractivity contribution in [2.24, 2.45) is 5.73 Å². The molecule has 1 aromatic rings. The number of rotatable bonds is 3. The zero-order valence-electron chi connectivity index (χ0n) is 7.97. The molecule has 1 aliphatic rings. The number of nitrogens with zero attached hydrogens (tertiary/aromatic N) is 1. The zero-order chi connectivity index (χ0) is 10.8. The number of hydrogen-bond acceptors (Lipinski definition) is 5. The first kappa shape index (κ1) is 9.72. The molecule has 2 heterocycles. The van der Waals surface area contributed by atoms with Crippen LogP contribution in [0, 0.1) is 0 Å². The van der Waals surface area contributed by atoms with E-state index in [4.69, 9.17) is 20.9 Å². The number of nitrogen functional groups attached to an aromatic ring is 1. The van der Waals surface area contributed by atoms with Crippen LogP contribution in [0.1, 0.15) is 10.5 Å². The van der Waals surface area contributed by atoms with E-state index in [0.29, 0.717) is 18.9 Å². The van der Waals surface area contributed by atoms with Gasteiger partial charge in [-0.3, -0.25) is 4.79 Å². The van der Waals surface area contributed by atoms with Gasteiger partial charge in [0.05, 0.1) is 18.9 Å². The number of ether oxygens (including phenoxy) is 2. The molecule has 2 rings (SSSR count). The second-order valence-corrected chi connectivity index (χ2v) is 3.23. The summed E-state index contributed by atoms with van der Waals surface area (Å²) in [5.41, 5.74) is 11.2. The molecule has 6 nitrogen and oxygen atoms in total. The van der Waals surface area contributed by atoms with E-state index in [1.807, 2.05) is 0 Å². The number of hydrogen-bond donors (Lipinski definition) is 2. The Morgan fingerprint density at radius 2 is 2.27 bits per heavy atom. The summed E-state index contributed by atoms with van der Waals surface area (Å²) in [4.78, 5) is 14.8. The van der Waals surface area contributed by atoms with Crippen LogP contribution in [0.15, 0.2) is 12.1 Å². The van der Waals surface area contributed by atoms with E-state index in [2.05, 4.69) is 4.98 Å². The Balaban J connectivity index is 2.19. The van der Waals surface area contributed by atoms with Gasteiger partial charge < -0.3 is 20.9 Å². The molecule has 1 amide bonds. The lowest BCUT2D eigenvalue weighted by molar-refractivity contribution is -0.0810. The second-order valence-electron chi connectivity index (χ2n) is 3.23. The number of pyridine rings is 1. The Labute approximate surface area is 86.2 Å². The summed E-state index contributed by atoms with van der Waals surface area (Å²) in [6, 6.07) is 3.00. The molecule has 15 heavy (non-hydrogen) atoms. The highest BCUT2D eigenvalue weighted by Gasteiger charge is 2.22. The largest absolute Gasteiger partial charge is 0.468 e. The van der Waals surface area contributed by atoms with Crippen LogP contribution in [-0.2, 0) is 4.74 Å². The first-order chi connectivity index (χ1) is 7.16. The van der Waals surface area contributed by atoms with Crippen molar-refractivity contribution in [1.82, 2.24) is 4.98 Å². The molecule has 0 atom stereocenters. The third kappa shape index (κ3) is 1.99. The van der Waals surface area contributed by atoms with Gasteiger partial charge in [0.1, 0.15) is 11.8 Å². The standard InChI is InChI=1S/C9H11N3O3/c10-6-1-2-7(8(11)13)12-9(6)15-5-3-14-4-5/h1-2,5H,3-4,10H2,(H2,11,13). The highest BCUT2D eigenvalue weighted by molar-refractivity contribution is 5.91. The molecule has 4 N–H and O–H groups in total. The van der Waals surface area contributed by atoms with E-state index in [1.165, 1.54) is 6.07 Å². The van der Waals surface area contributed by atoms with E-state index in [1.54, 1.807) is 6.07 Å². The lowest BCUT2D eigenvalue weighted by atomic mass is 10.3. The van der Waals surface area contributed by atoms with Crippen molar-refractivity contribution in [3.05, 3.63) is 17.8 Å². The fraction of sp³-hybridized carbons (Fsp3) is 0.333. The molecule has 0 unspecified atom stereocenters. The van der Waals surface area contributed by atoms with Gasteiger partial charge in [-0.2, -0.15) is 0 Å². The summed E-state index contributed by atoms with van der Waals surface area (Å²) in [7, 11) is 0. The molecule has 1 aromatic heterocycles. The van der Waals surface area contributed by atoms with Crippen LogP contribution in [-0.4, -0.2) is 30.2 Å². The Kier molecular flexibility index (Phi) is 2.42. The average molecular weight is 209 g/mol. The highest BCUT2D eigenvalue weighted by atomic mass is 16.6. The fourth-order valence-electron chi connectivity index (χ4n) is 1.12. The van der Waals surface area contributed by atoms with Crippen molar-refractivity contribution in [3.63, 3.8) is 0 Å². The van der Waals surface area contributed by atoms with E-state index < -0.39 is 5.91 Å². The molecule has 80 valence electrons. The summed E-state index contributed by atoms with van der Waals surface area (Å²) in [6.07, 6.45) is -0.0390. The number of aromatic nitrogens is 1. The third-order valence-electron chi connectivity index (χ3n) is 2.03. The minimum Gasteiger partial charge on any atom is -0.468 e. The predicted molar refractivity (Wildman–Crippen MR) is 52.4 cm³/mol. The number of carbonyl (C=O) groups excluding carboxylic acids is 1. The van der Waals surface area contributed by atoms with Crippen molar-refractivity contribution < 1.29 is 14.3 Å². The molecule has 1 saturated heterocycles. The lowest BCUT2D eigenvalue weighted by Crippen LogP contribution is -2.39. The van der Waals surface area contributed by atoms with Gasteiger partial charge in [0.2, 0.25) is 5.88 Å². The van der Waals surface area contributed by atoms with Crippen LogP contribution >= 0.6 is 0 Å².